The summed E-state index contributed by atoms with van der Waals surface area (Å²) in [4.78, 5) is 12.7. The molecule has 2 aliphatic rings. The Morgan fingerprint density at radius 1 is 1.15 bits per heavy atom. The van der Waals surface area contributed by atoms with E-state index in [9.17, 15) is 13.2 Å². The van der Waals surface area contributed by atoms with E-state index in [-0.39, 0.29) is 17.9 Å². The van der Waals surface area contributed by atoms with Gasteiger partial charge in [-0.15, -0.1) is 0 Å². The van der Waals surface area contributed by atoms with Gasteiger partial charge in [-0.05, 0) is 57.6 Å². The standard InChI is InChI=1S/C21H30N2O3S/c1-17-10-12-20(13-11-17)27(25,26)23-16-6-5-9-19(23)14-15-22-21(24)18-7-3-2-4-8-18/h2-3,10-13,18-19H,4-9,14-16H2,1H3,(H,22,24)/t18-,19+/m0/s1. The number of carbonyl (C=O) groups excluding carboxylic acids is 1. The number of hydrogen-bond donors (Lipinski definition) is 1. The van der Waals surface area contributed by atoms with Crippen molar-refractivity contribution in [2.24, 2.45) is 5.92 Å². The van der Waals surface area contributed by atoms with Crippen LogP contribution in [-0.2, 0) is 14.8 Å². The Kier molecular flexibility index (Phi) is 6.71. The molecule has 1 aliphatic carbocycles. The van der Waals surface area contributed by atoms with Crippen LogP contribution in [0.1, 0.15) is 50.5 Å². The van der Waals surface area contributed by atoms with Gasteiger partial charge >= 0.3 is 0 Å². The van der Waals surface area contributed by atoms with E-state index in [1.165, 1.54) is 0 Å². The van der Waals surface area contributed by atoms with Gasteiger partial charge in [0.05, 0.1) is 4.90 Å². The molecule has 1 amide bonds. The van der Waals surface area contributed by atoms with Crippen molar-refractivity contribution in [1.29, 1.82) is 0 Å². The molecule has 2 atom stereocenters. The molecule has 27 heavy (non-hydrogen) atoms. The van der Waals surface area contributed by atoms with Crippen LogP contribution >= 0.6 is 0 Å². The van der Waals surface area contributed by atoms with Crippen molar-refractivity contribution in [3.63, 3.8) is 0 Å². The minimum absolute atomic E-state index is 0.0448. The lowest BCUT2D eigenvalue weighted by molar-refractivity contribution is -0.125. The number of aryl methyl sites for hydroxylation is 1. The summed E-state index contributed by atoms with van der Waals surface area (Å²) in [6.07, 6.45) is 10.3. The SMILES string of the molecule is Cc1ccc(S(=O)(=O)N2CCCC[C@@H]2CCNC(=O)[C@H]2CC=CCC2)cc1. The van der Waals surface area contributed by atoms with Crippen LogP contribution < -0.4 is 5.32 Å². The van der Waals surface area contributed by atoms with Crippen LogP contribution in [-0.4, -0.2) is 37.8 Å². The third kappa shape index (κ3) is 4.99. The van der Waals surface area contributed by atoms with E-state index in [1.54, 1.807) is 16.4 Å². The first-order valence-electron chi connectivity index (χ1n) is 10.00. The van der Waals surface area contributed by atoms with Crippen LogP contribution in [0.3, 0.4) is 0 Å². The van der Waals surface area contributed by atoms with Crippen molar-refractivity contribution >= 4 is 15.9 Å². The third-order valence-corrected chi connectivity index (χ3v) is 7.58. The quantitative estimate of drug-likeness (QED) is 0.757. The Bertz CT molecular complexity index is 771. The molecule has 1 fully saturated rings. The topological polar surface area (TPSA) is 66.5 Å². The fraction of sp³-hybridized carbons (Fsp3) is 0.571. The molecule has 0 aromatic heterocycles. The largest absolute Gasteiger partial charge is 0.356 e. The molecule has 0 saturated carbocycles. The van der Waals surface area contributed by atoms with Gasteiger partial charge in [0.1, 0.15) is 0 Å². The van der Waals surface area contributed by atoms with Crippen molar-refractivity contribution < 1.29 is 13.2 Å². The molecule has 1 heterocycles. The van der Waals surface area contributed by atoms with Crippen molar-refractivity contribution in [1.82, 2.24) is 9.62 Å². The summed E-state index contributed by atoms with van der Waals surface area (Å²) in [6, 6.07) is 7.01. The molecule has 5 nitrogen and oxygen atoms in total. The maximum atomic E-state index is 13.1. The molecule has 6 heteroatoms. The van der Waals surface area contributed by atoms with E-state index in [2.05, 4.69) is 17.5 Å². The van der Waals surface area contributed by atoms with E-state index >= 15 is 0 Å². The van der Waals surface area contributed by atoms with E-state index in [0.717, 1.165) is 44.1 Å². The predicted molar refractivity (Wildman–Crippen MR) is 107 cm³/mol. The number of allylic oxidation sites excluding steroid dienone is 2. The molecule has 148 valence electrons. The summed E-state index contributed by atoms with van der Waals surface area (Å²) in [5, 5.41) is 3.02. The minimum Gasteiger partial charge on any atom is -0.356 e. The molecule has 0 bridgehead atoms. The molecular weight excluding hydrogens is 360 g/mol. The second kappa shape index (κ2) is 9.02. The van der Waals surface area contributed by atoms with E-state index in [1.807, 2.05) is 19.1 Å². The molecule has 0 spiro atoms. The first-order valence-corrected chi connectivity index (χ1v) is 11.4. The lowest BCUT2D eigenvalue weighted by Gasteiger charge is -2.35. The van der Waals surface area contributed by atoms with Gasteiger partial charge in [-0.3, -0.25) is 4.79 Å². The van der Waals surface area contributed by atoms with Crippen LogP contribution in [0.2, 0.25) is 0 Å². The van der Waals surface area contributed by atoms with E-state index < -0.39 is 10.0 Å². The van der Waals surface area contributed by atoms with Gasteiger partial charge in [-0.25, -0.2) is 8.42 Å². The highest BCUT2D eigenvalue weighted by molar-refractivity contribution is 7.89. The molecule has 0 unspecified atom stereocenters. The molecule has 0 radical (unpaired) electrons. The molecular formula is C21H30N2O3S. The molecule has 1 N–H and O–H groups in total. The van der Waals surface area contributed by atoms with Gasteiger partial charge < -0.3 is 5.32 Å². The summed E-state index contributed by atoms with van der Waals surface area (Å²) in [5.74, 6) is 0.164. The van der Waals surface area contributed by atoms with Gasteiger partial charge in [-0.1, -0.05) is 36.3 Å². The van der Waals surface area contributed by atoms with Crippen molar-refractivity contribution in [3.05, 3.63) is 42.0 Å². The maximum Gasteiger partial charge on any atom is 0.243 e. The number of rotatable bonds is 6. The predicted octanol–water partition coefficient (Wildman–Crippen LogP) is 3.40. The number of carbonyl (C=O) groups is 1. The average Bonchev–Trinajstić information content (AvgIpc) is 2.69. The summed E-state index contributed by atoms with van der Waals surface area (Å²) in [6.45, 7) is 3.04. The number of hydrogen-bond acceptors (Lipinski definition) is 3. The molecule has 3 rings (SSSR count). The Hall–Kier alpha value is -1.66. The van der Waals surface area contributed by atoms with Crippen LogP contribution in [0.15, 0.2) is 41.3 Å². The number of nitrogens with zero attached hydrogens (tertiary/aromatic N) is 1. The highest BCUT2D eigenvalue weighted by Gasteiger charge is 2.33. The van der Waals surface area contributed by atoms with Crippen LogP contribution in [0.4, 0.5) is 0 Å². The zero-order valence-corrected chi connectivity index (χ0v) is 16.9. The Labute approximate surface area is 162 Å². The van der Waals surface area contributed by atoms with Gasteiger partial charge in [0.2, 0.25) is 15.9 Å². The van der Waals surface area contributed by atoms with Gasteiger partial charge in [0, 0.05) is 25.0 Å². The highest BCUT2D eigenvalue weighted by Crippen LogP contribution is 2.27. The summed E-state index contributed by atoms with van der Waals surface area (Å²) >= 11 is 0. The smallest absolute Gasteiger partial charge is 0.243 e. The van der Waals surface area contributed by atoms with Gasteiger partial charge in [0.25, 0.3) is 0 Å². The van der Waals surface area contributed by atoms with E-state index in [0.29, 0.717) is 24.4 Å². The van der Waals surface area contributed by atoms with Gasteiger partial charge in [-0.2, -0.15) is 4.31 Å². The Morgan fingerprint density at radius 2 is 1.93 bits per heavy atom. The third-order valence-electron chi connectivity index (χ3n) is 5.62. The maximum absolute atomic E-state index is 13.1. The number of piperidine rings is 1. The summed E-state index contributed by atoms with van der Waals surface area (Å²) in [5.41, 5.74) is 1.05. The summed E-state index contributed by atoms with van der Waals surface area (Å²) in [7, 11) is -3.49. The Balaban J connectivity index is 1.60. The fourth-order valence-electron chi connectivity index (χ4n) is 3.96. The lowest BCUT2D eigenvalue weighted by Crippen LogP contribution is -2.45. The monoisotopic (exact) mass is 390 g/mol. The lowest BCUT2D eigenvalue weighted by atomic mass is 9.93. The Morgan fingerprint density at radius 3 is 2.63 bits per heavy atom. The van der Waals surface area contributed by atoms with Crippen molar-refractivity contribution in [3.8, 4) is 0 Å². The number of amides is 1. The summed E-state index contributed by atoms with van der Waals surface area (Å²) < 4.78 is 27.8. The molecule has 1 saturated heterocycles. The molecule has 1 aliphatic heterocycles. The number of nitrogens with one attached hydrogen (secondary N) is 1. The fourth-order valence-corrected chi connectivity index (χ4v) is 5.69. The zero-order valence-electron chi connectivity index (χ0n) is 16.1. The van der Waals surface area contributed by atoms with Crippen LogP contribution in [0, 0.1) is 12.8 Å². The minimum atomic E-state index is -3.49. The average molecular weight is 391 g/mol. The number of sulfonamides is 1. The van der Waals surface area contributed by atoms with Crippen LogP contribution in [0.25, 0.3) is 0 Å². The first kappa shape index (κ1) is 20.1. The molecule has 1 aromatic carbocycles. The normalized spacial score (nSPS) is 23.9. The highest BCUT2D eigenvalue weighted by atomic mass is 32.2. The second-order valence-corrected chi connectivity index (χ2v) is 9.53. The molecule has 1 aromatic rings. The first-order chi connectivity index (χ1) is 13.0. The van der Waals surface area contributed by atoms with Gasteiger partial charge in [0.15, 0.2) is 0 Å². The van der Waals surface area contributed by atoms with Crippen LogP contribution in [0.5, 0.6) is 0 Å². The second-order valence-electron chi connectivity index (χ2n) is 7.64. The zero-order chi connectivity index (χ0) is 19.3. The van der Waals surface area contributed by atoms with Crippen molar-refractivity contribution in [2.45, 2.75) is 62.8 Å². The van der Waals surface area contributed by atoms with Crippen molar-refractivity contribution in [2.75, 3.05) is 13.1 Å². The number of benzene rings is 1. The van der Waals surface area contributed by atoms with E-state index in [4.69, 9.17) is 0 Å².